The van der Waals surface area contributed by atoms with Gasteiger partial charge in [-0.2, -0.15) is 0 Å². The van der Waals surface area contributed by atoms with E-state index in [1.54, 1.807) is 31.1 Å². The average Bonchev–Trinajstić information content (AvgIpc) is 2.54. The van der Waals surface area contributed by atoms with Crippen molar-refractivity contribution >= 4 is 5.69 Å². The molecule has 0 atom stereocenters. The van der Waals surface area contributed by atoms with Crippen LogP contribution in [0.1, 0.15) is 0 Å². The Balaban J connectivity index is 2.22. The fourth-order valence-corrected chi connectivity index (χ4v) is 2.33. The second-order valence-corrected chi connectivity index (χ2v) is 5.60. The minimum atomic E-state index is -0.881. The van der Waals surface area contributed by atoms with Crippen LogP contribution < -0.4 is 4.90 Å². The van der Waals surface area contributed by atoms with Crippen LogP contribution in [0.2, 0.25) is 0 Å². The van der Waals surface area contributed by atoms with Gasteiger partial charge in [0.1, 0.15) is 23.1 Å². The number of nitrogens with zero attached hydrogens (tertiary/aromatic N) is 3. The van der Waals surface area contributed by atoms with Crippen molar-refractivity contribution in [2.24, 2.45) is 0 Å². The number of hydrogen-bond donors (Lipinski definition) is 0. The van der Waals surface area contributed by atoms with Crippen LogP contribution >= 0.6 is 0 Å². The molecule has 0 N–H and O–H groups in total. The summed E-state index contributed by atoms with van der Waals surface area (Å²) in [6, 6.07) is 6.94. The van der Waals surface area contributed by atoms with Crippen LogP contribution in [0, 0.1) is 23.3 Å². The molecule has 0 bridgehead atoms. The van der Waals surface area contributed by atoms with Crippen LogP contribution in [-0.4, -0.2) is 24.1 Å². The van der Waals surface area contributed by atoms with Crippen molar-refractivity contribution in [2.45, 2.75) is 0 Å². The fourth-order valence-electron chi connectivity index (χ4n) is 2.33. The predicted octanol–water partition coefficient (Wildman–Crippen LogP) is 4.43. The van der Waals surface area contributed by atoms with Gasteiger partial charge in [0.05, 0.1) is 17.6 Å². The molecular formula is C18H13F4N3. The molecule has 2 heterocycles. The number of benzene rings is 1. The maximum Gasteiger partial charge on any atom is 0.153 e. The summed E-state index contributed by atoms with van der Waals surface area (Å²) in [7, 11) is 3.50. The molecule has 0 amide bonds. The normalized spacial score (nSPS) is 10.8. The van der Waals surface area contributed by atoms with Gasteiger partial charge in [-0.15, -0.1) is 0 Å². The predicted molar refractivity (Wildman–Crippen MR) is 87.1 cm³/mol. The summed E-state index contributed by atoms with van der Waals surface area (Å²) < 4.78 is 54.4. The van der Waals surface area contributed by atoms with E-state index in [1.807, 2.05) is 0 Å². The van der Waals surface area contributed by atoms with Crippen molar-refractivity contribution in [1.29, 1.82) is 0 Å². The Hall–Kier alpha value is -2.96. The summed E-state index contributed by atoms with van der Waals surface area (Å²) in [5, 5.41) is 0. The van der Waals surface area contributed by atoms with Gasteiger partial charge in [0.15, 0.2) is 5.82 Å². The van der Waals surface area contributed by atoms with Gasteiger partial charge in [-0.05, 0) is 24.3 Å². The molecule has 25 heavy (non-hydrogen) atoms. The van der Waals surface area contributed by atoms with Gasteiger partial charge in [0.2, 0.25) is 0 Å². The van der Waals surface area contributed by atoms with Gasteiger partial charge in [0.25, 0.3) is 0 Å². The molecule has 2 aromatic heterocycles. The molecule has 3 rings (SSSR count). The number of rotatable bonds is 3. The highest BCUT2D eigenvalue weighted by Crippen LogP contribution is 2.30. The van der Waals surface area contributed by atoms with Gasteiger partial charge < -0.3 is 4.90 Å². The third-order valence-electron chi connectivity index (χ3n) is 3.58. The van der Waals surface area contributed by atoms with Gasteiger partial charge >= 0.3 is 0 Å². The second-order valence-electron chi connectivity index (χ2n) is 5.60. The molecule has 0 fully saturated rings. The van der Waals surface area contributed by atoms with Crippen LogP contribution in [0.25, 0.3) is 22.6 Å². The first-order valence-electron chi connectivity index (χ1n) is 7.31. The molecule has 3 nitrogen and oxygen atoms in total. The average molecular weight is 347 g/mol. The van der Waals surface area contributed by atoms with E-state index in [0.717, 1.165) is 18.3 Å². The van der Waals surface area contributed by atoms with Gasteiger partial charge in [0, 0.05) is 37.5 Å². The van der Waals surface area contributed by atoms with Crippen molar-refractivity contribution < 1.29 is 17.6 Å². The highest BCUT2D eigenvalue weighted by atomic mass is 19.1. The SMILES string of the molecule is CN(C)c1cc(-c2ccc(F)cc2F)nc(-c2ncc(F)cc2F)c1. The maximum absolute atomic E-state index is 14.1. The highest BCUT2D eigenvalue weighted by molar-refractivity contribution is 5.71. The molecule has 0 radical (unpaired) electrons. The van der Waals surface area contributed by atoms with Crippen molar-refractivity contribution in [3.63, 3.8) is 0 Å². The summed E-state index contributed by atoms with van der Waals surface area (Å²) in [5.74, 6) is -3.19. The lowest BCUT2D eigenvalue weighted by Crippen LogP contribution is -2.10. The Morgan fingerprint density at radius 3 is 2.12 bits per heavy atom. The molecule has 7 heteroatoms. The van der Waals surface area contributed by atoms with Crippen molar-refractivity contribution in [3.05, 3.63) is 65.9 Å². The van der Waals surface area contributed by atoms with Gasteiger partial charge in [-0.25, -0.2) is 27.5 Å². The zero-order valence-corrected chi connectivity index (χ0v) is 13.4. The van der Waals surface area contributed by atoms with Crippen LogP contribution in [0.15, 0.2) is 42.6 Å². The Kier molecular flexibility index (Phi) is 4.39. The Bertz CT molecular complexity index is 872. The molecule has 1 aromatic carbocycles. The Labute approximate surface area is 141 Å². The van der Waals surface area contributed by atoms with Crippen LogP contribution in [0.5, 0.6) is 0 Å². The fraction of sp³-hybridized carbons (Fsp3) is 0.111. The molecule has 0 saturated carbocycles. The third kappa shape index (κ3) is 3.45. The lowest BCUT2D eigenvalue weighted by molar-refractivity contribution is 0.576. The van der Waals surface area contributed by atoms with E-state index in [4.69, 9.17) is 0 Å². The lowest BCUT2D eigenvalue weighted by Gasteiger charge is -2.16. The standard InChI is InChI=1S/C18H13F4N3/c1-25(2)12-7-16(13-4-3-10(19)5-14(13)21)24-17(8-12)18-15(22)6-11(20)9-23-18/h3-9H,1-2H3. The number of anilines is 1. The Morgan fingerprint density at radius 1 is 0.800 bits per heavy atom. The van der Waals surface area contributed by atoms with E-state index in [-0.39, 0.29) is 22.6 Å². The number of halogens is 4. The second kappa shape index (κ2) is 6.51. The van der Waals surface area contributed by atoms with Crippen LogP contribution in [0.4, 0.5) is 23.2 Å². The quantitative estimate of drug-likeness (QED) is 0.656. The van der Waals surface area contributed by atoms with Crippen LogP contribution in [0.3, 0.4) is 0 Å². The molecule has 0 aliphatic rings. The molecular weight excluding hydrogens is 334 g/mol. The first-order valence-corrected chi connectivity index (χ1v) is 7.31. The monoisotopic (exact) mass is 347 g/mol. The Morgan fingerprint density at radius 2 is 1.48 bits per heavy atom. The minimum Gasteiger partial charge on any atom is -0.378 e. The number of aromatic nitrogens is 2. The largest absolute Gasteiger partial charge is 0.378 e. The molecule has 3 aromatic rings. The number of hydrogen-bond acceptors (Lipinski definition) is 3. The molecule has 0 aliphatic carbocycles. The molecule has 0 spiro atoms. The van der Waals surface area contributed by atoms with Crippen molar-refractivity contribution in [3.8, 4) is 22.6 Å². The van der Waals surface area contributed by atoms with Gasteiger partial charge in [-0.1, -0.05) is 0 Å². The van der Waals surface area contributed by atoms with E-state index in [9.17, 15) is 17.6 Å². The zero-order chi connectivity index (χ0) is 18.1. The smallest absolute Gasteiger partial charge is 0.153 e. The van der Waals surface area contributed by atoms with E-state index < -0.39 is 23.3 Å². The van der Waals surface area contributed by atoms with E-state index in [2.05, 4.69) is 9.97 Å². The molecule has 0 aliphatic heterocycles. The minimum absolute atomic E-state index is 0.0638. The molecule has 0 saturated heterocycles. The third-order valence-corrected chi connectivity index (χ3v) is 3.58. The van der Waals surface area contributed by atoms with E-state index in [1.165, 1.54) is 6.07 Å². The van der Waals surface area contributed by atoms with Gasteiger partial charge in [-0.3, -0.25) is 0 Å². The lowest BCUT2D eigenvalue weighted by atomic mass is 10.1. The summed E-state index contributed by atoms with van der Waals surface area (Å²) in [6.45, 7) is 0. The summed E-state index contributed by atoms with van der Waals surface area (Å²) in [6.07, 6.45) is 0.876. The van der Waals surface area contributed by atoms with Crippen molar-refractivity contribution in [2.75, 3.05) is 19.0 Å². The topological polar surface area (TPSA) is 29.0 Å². The highest BCUT2D eigenvalue weighted by Gasteiger charge is 2.15. The first-order chi connectivity index (χ1) is 11.8. The van der Waals surface area contributed by atoms with Crippen molar-refractivity contribution in [1.82, 2.24) is 9.97 Å². The maximum atomic E-state index is 14.1. The summed E-state index contributed by atoms with van der Waals surface area (Å²) in [5.41, 5.74) is 0.809. The molecule has 0 unspecified atom stereocenters. The first kappa shape index (κ1) is 16.9. The summed E-state index contributed by atoms with van der Waals surface area (Å²) >= 11 is 0. The van der Waals surface area contributed by atoms with E-state index >= 15 is 0 Å². The molecule has 128 valence electrons. The number of pyridine rings is 2. The van der Waals surface area contributed by atoms with Crippen LogP contribution in [-0.2, 0) is 0 Å². The summed E-state index contributed by atoms with van der Waals surface area (Å²) in [4.78, 5) is 9.68. The zero-order valence-electron chi connectivity index (χ0n) is 13.4. The van der Waals surface area contributed by atoms with E-state index in [0.29, 0.717) is 11.8 Å².